The first kappa shape index (κ1) is 17.9. The second kappa shape index (κ2) is 7.45. The Kier molecular flexibility index (Phi) is 5.81. The second-order valence-electron chi connectivity index (χ2n) is 5.76. The van der Waals surface area contributed by atoms with Crippen molar-refractivity contribution in [2.45, 2.75) is 30.3 Å². The molecule has 0 spiro atoms. The lowest BCUT2D eigenvalue weighted by atomic mass is 9.97. The van der Waals surface area contributed by atoms with Crippen LogP contribution in [0.3, 0.4) is 0 Å². The molecule has 0 amide bonds. The van der Waals surface area contributed by atoms with Gasteiger partial charge in [-0.05, 0) is 49.6 Å². The zero-order valence-electron chi connectivity index (χ0n) is 12.9. The lowest BCUT2D eigenvalue weighted by Gasteiger charge is -2.23. The van der Waals surface area contributed by atoms with Crippen molar-refractivity contribution < 1.29 is 13.5 Å². The highest BCUT2D eigenvalue weighted by molar-refractivity contribution is 7.89. The van der Waals surface area contributed by atoms with Crippen molar-refractivity contribution in [2.24, 2.45) is 0 Å². The van der Waals surface area contributed by atoms with Gasteiger partial charge in [0.05, 0.1) is 10.5 Å². The maximum atomic E-state index is 12.2. The quantitative estimate of drug-likeness (QED) is 0.804. The number of aryl methyl sites for hydroxylation is 1. The van der Waals surface area contributed by atoms with Gasteiger partial charge in [-0.3, -0.25) is 0 Å². The zero-order valence-corrected chi connectivity index (χ0v) is 14.4. The molecule has 0 aliphatic rings. The maximum absolute atomic E-state index is 12.2. The van der Waals surface area contributed by atoms with Crippen LogP contribution >= 0.6 is 11.6 Å². The van der Waals surface area contributed by atoms with Gasteiger partial charge in [-0.2, -0.15) is 0 Å². The molecule has 0 heterocycles. The molecule has 0 bridgehead atoms. The van der Waals surface area contributed by atoms with E-state index in [1.807, 2.05) is 30.3 Å². The van der Waals surface area contributed by atoms with Crippen molar-refractivity contribution in [3.05, 3.63) is 65.2 Å². The largest absolute Gasteiger partial charge is 0.389 e. The van der Waals surface area contributed by atoms with E-state index in [9.17, 15) is 13.5 Å². The van der Waals surface area contributed by atoms with Crippen molar-refractivity contribution in [2.75, 3.05) is 6.54 Å². The summed E-state index contributed by atoms with van der Waals surface area (Å²) in [6.07, 6.45) is 1.14. The van der Waals surface area contributed by atoms with Crippen LogP contribution in [0.15, 0.2) is 59.5 Å². The summed E-state index contributed by atoms with van der Waals surface area (Å²) < 4.78 is 26.8. The van der Waals surface area contributed by atoms with Gasteiger partial charge in [0.15, 0.2) is 0 Å². The van der Waals surface area contributed by atoms with Crippen LogP contribution in [0.4, 0.5) is 0 Å². The van der Waals surface area contributed by atoms with Crippen LogP contribution < -0.4 is 4.72 Å². The van der Waals surface area contributed by atoms with Gasteiger partial charge < -0.3 is 5.11 Å². The van der Waals surface area contributed by atoms with Gasteiger partial charge in [0.1, 0.15) is 0 Å². The maximum Gasteiger partial charge on any atom is 0.240 e. The average molecular weight is 354 g/mol. The average Bonchev–Trinajstić information content (AvgIpc) is 2.53. The van der Waals surface area contributed by atoms with Crippen molar-refractivity contribution >= 4 is 21.6 Å². The Hall–Kier alpha value is -1.40. The molecular weight excluding hydrogens is 334 g/mol. The second-order valence-corrected chi connectivity index (χ2v) is 7.96. The summed E-state index contributed by atoms with van der Waals surface area (Å²) in [4.78, 5) is 0.126. The Morgan fingerprint density at radius 3 is 2.30 bits per heavy atom. The predicted octanol–water partition coefficient (Wildman–Crippen LogP) is 3.00. The fourth-order valence-electron chi connectivity index (χ4n) is 2.09. The van der Waals surface area contributed by atoms with E-state index in [1.54, 1.807) is 6.92 Å². The first-order valence-corrected chi connectivity index (χ1v) is 9.16. The molecule has 2 aromatic rings. The summed E-state index contributed by atoms with van der Waals surface area (Å²) in [5, 5.41) is 10.9. The number of hydrogen-bond acceptors (Lipinski definition) is 3. The van der Waals surface area contributed by atoms with Gasteiger partial charge in [0, 0.05) is 11.6 Å². The Morgan fingerprint density at radius 1 is 1.09 bits per heavy atom. The normalized spacial score (nSPS) is 14.4. The van der Waals surface area contributed by atoms with Crippen LogP contribution in [0.2, 0.25) is 5.02 Å². The third-order valence-electron chi connectivity index (χ3n) is 3.56. The van der Waals surface area contributed by atoms with E-state index in [4.69, 9.17) is 11.6 Å². The van der Waals surface area contributed by atoms with Gasteiger partial charge >= 0.3 is 0 Å². The van der Waals surface area contributed by atoms with E-state index >= 15 is 0 Å². The van der Waals surface area contributed by atoms with Crippen LogP contribution in [0.5, 0.6) is 0 Å². The fraction of sp³-hybridized carbons (Fsp3) is 0.294. The molecule has 1 atom stereocenters. The first-order chi connectivity index (χ1) is 10.8. The summed E-state index contributed by atoms with van der Waals surface area (Å²) in [5.41, 5.74) is -0.0247. The number of nitrogens with one attached hydrogen (secondary N) is 1. The molecule has 0 aliphatic heterocycles. The molecule has 0 aliphatic carbocycles. The smallest absolute Gasteiger partial charge is 0.240 e. The Bertz CT molecular complexity index is 728. The third-order valence-corrected chi connectivity index (χ3v) is 5.23. The molecule has 0 fully saturated rings. The van der Waals surface area contributed by atoms with Crippen molar-refractivity contribution in [1.29, 1.82) is 0 Å². The van der Waals surface area contributed by atoms with E-state index in [0.717, 1.165) is 5.56 Å². The molecule has 0 radical (unpaired) electrons. The number of sulfonamides is 1. The summed E-state index contributed by atoms with van der Waals surface area (Å²) >= 11 is 5.76. The third kappa shape index (κ3) is 5.62. The minimum absolute atomic E-state index is 0.0508. The summed E-state index contributed by atoms with van der Waals surface area (Å²) in [6.45, 7) is 1.57. The highest BCUT2D eigenvalue weighted by Crippen LogP contribution is 2.17. The van der Waals surface area contributed by atoms with Crippen molar-refractivity contribution in [1.82, 2.24) is 4.72 Å². The lowest BCUT2D eigenvalue weighted by Crippen LogP contribution is -2.40. The minimum Gasteiger partial charge on any atom is -0.389 e. The number of hydrogen-bond donors (Lipinski definition) is 2. The lowest BCUT2D eigenvalue weighted by molar-refractivity contribution is 0.0565. The van der Waals surface area contributed by atoms with E-state index in [1.165, 1.54) is 24.3 Å². The molecule has 2 aromatic carbocycles. The number of halogens is 1. The molecule has 6 heteroatoms. The van der Waals surface area contributed by atoms with Gasteiger partial charge in [-0.15, -0.1) is 0 Å². The van der Waals surface area contributed by atoms with Gasteiger partial charge in [0.25, 0.3) is 0 Å². The van der Waals surface area contributed by atoms with Crippen LogP contribution in [0.25, 0.3) is 0 Å². The zero-order chi connectivity index (χ0) is 16.9. The molecule has 0 saturated heterocycles. The SMILES string of the molecule is CC(O)(CCc1ccccc1)CNS(=O)(=O)c1ccc(Cl)cc1. The molecule has 0 aromatic heterocycles. The van der Waals surface area contributed by atoms with Gasteiger partial charge in [0.2, 0.25) is 10.0 Å². The van der Waals surface area contributed by atoms with E-state index in [-0.39, 0.29) is 11.4 Å². The van der Waals surface area contributed by atoms with E-state index in [0.29, 0.717) is 17.9 Å². The standard InChI is InChI=1S/C17H20ClNO3S/c1-17(20,12-11-14-5-3-2-4-6-14)13-19-23(21,22)16-9-7-15(18)8-10-16/h2-10,19-20H,11-13H2,1H3. The molecule has 124 valence electrons. The highest BCUT2D eigenvalue weighted by Gasteiger charge is 2.24. The summed E-state index contributed by atoms with van der Waals surface area (Å²) in [7, 11) is -3.66. The van der Waals surface area contributed by atoms with Gasteiger partial charge in [-0.25, -0.2) is 13.1 Å². The van der Waals surface area contributed by atoms with Crippen LogP contribution in [-0.2, 0) is 16.4 Å². The topological polar surface area (TPSA) is 66.4 Å². The Morgan fingerprint density at radius 2 is 1.70 bits per heavy atom. The summed E-state index contributed by atoms with van der Waals surface area (Å²) in [6, 6.07) is 15.7. The molecule has 1 unspecified atom stereocenters. The van der Waals surface area contributed by atoms with Crippen LogP contribution in [0.1, 0.15) is 18.9 Å². The van der Waals surface area contributed by atoms with Crippen LogP contribution in [-0.4, -0.2) is 25.7 Å². The molecule has 2 rings (SSSR count). The molecule has 4 nitrogen and oxygen atoms in total. The molecule has 2 N–H and O–H groups in total. The van der Waals surface area contributed by atoms with Gasteiger partial charge in [-0.1, -0.05) is 41.9 Å². The minimum atomic E-state index is -3.66. The predicted molar refractivity (Wildman–Crippen MR) is 92.0 cm³/mol. The Balaban J connectivity index is 1.93. The first-order valence-electron chi connectivity index (χ1n) is 7.30. The van der Waals surface area contributed by atoms with Crippen LogP contribution in [0, 0.1) is 0 Å². The number of aliphatic hydroxyl groups is 1. The van der Waals surface area contributed by atoms with E-state index < -0.39 is 15.6 Å². The highest BCUT2D eigenvalue weighted by atomic mass is 35.5. The fourth-order valence-corrected chi connectivity index (χ4v) is 3.38. The summed E-state index contributed by atoms with van der Waals surface area (Å²) in [5.74, 6) is 0. The van der Waals surface area contributed by atoms with Crippen molar-refractivity contribution in [3.63, 3.8) is 0 Å². The molecule has 0 saturated carbocycles. The van der Waals surface area contributed by atoms with Crippen molar-refractivity contribution in [3.8, 4) is 0 Å². The number of rotatable bonds is 7. The number of benzene rings is 2. The monoisotopic (exact) mass is 353 g/mol. The molecular formula is C17H20ClNO3S. The van der Waals surface area contributed by atoms with E-state index in [2.05, 4.69) is 4.72 Å². The molecule has 23 heavy (non-hydrogen) atoms. The Labute approximate surface area is 142 Å².